The predicted molar refractivity (Wildman–Crippen MR) is 67.4 cm³/mol. The van der Waals surface area contributed by atoms with Crippen LogP contribution in [0.1, 0.15) is 24.0 Å². The smallest absolute Gasteiger partial charge is 0.240 e. The number of aliphatic hydroxyl groups is 1. The zero-order valence-corrected chi connectivity index (χ0v) is 11.0. The van der Waals surface area contributed by atoms with E-state index in [9.17, 15) is 8.42 Å². The molecular weight excluding hydrogens is 238 g/mol. The molecule has 0 saturated carbocycles. The average molecular weight is 257 g/mol. The lowest BCUT2D eigenvalue weighted by Crippen LogP contribution is -2.25. The molecule has 0 fully saturated rings. The lowest BCUT2D eigenvalue weighted by atomic mass is 10.2. The molecule has 1 aromatic carbocycles. The number of aliphatic hydroxyl groups excluding tert-OH is 1. The SMILES string of the molecule is Cc1cc(C)cc(S(=O)(=O)NCCCCO)c1. The van der Waals surface area contributed by atoms with Crippen molar-refractivity contribution in [2.75, 3.05) is 13.2 Å². The first kappa shape index (κ1) is 14.2. The van der Waals surface area contributed by atoms with Gasteiger partial charge in [0.15, 0.2) is 0 Å². The molecule has 2 N–H and O–H groups in total. The van der Waals surface area contributed by atoms with Gasteiger partial charge in [-0.15, -0.1) is 0 Å². The van der Waals surface area contributed by atoms with Crippen LogP contribution >= 0.6 is 0 Å². The summed E-state index contributed by atoms with van der Waals surface area (Å²) in [5.74, 6) is 0. The van der Waals surface area contributed by atoms with Crippen LogP contribution < -0.4 is 4.72 Å². The van der Waals surface area contributed by atoms with Crippen molar-refractivity contribution < 1.29 is 13.5 Å². The van der Waals surface area contributed by atoms with E-state index >= 15 is 0 Å². The van der Waals surface area contributed by atoms with Crippen LogP contribution in [0.2, 0.25) is 0 Å². The van der Waals surface area contributed by atoms with Gasteiger partial charge in [0, 0.05) is 13.2 Å². The van der Waals surface area contributed by atoms with E-state index in [-0.39, 0.29) is 6.61 Å². The number of rotatable bonds is 6. The Morgan fingerprint density at radius 1 is 1.12 bits per heavy atom. The minimum Gasteiger partial charge on any atom is -0.396 e. The summed E-state index contributed by atoms with van der Waals surface area (Å²) < 4.78 is 26.4. The highest BCUT2D eigenvalue weighted by atomic mass is 32.2. The van der Waals surface area contributed by atoms with Crippen LogP contribution in [0.3, 0.4) is 0 Å². The molecule has 0 unspecified atom stereocenters. The van der Waals surface area contributed by atoms with Crippen molar-refractivity contribution >= 4 is 10.0 Å². The Labute approximate surface area is 103 Å². The number of benzene rings is 1. The molecule has 0 aliphatic heterocycles. The van der Waals surface area contributed by atoms with Crippen molar-refractivity contribution in [1.82, 2.24) is 4.72 Å². The van der Waals surface area contributed by atoms with Gasteiger partial charge in [0.1, 0.15) is 0 Å². The standard InChI is InChI=1S/C12H19NO3S/c1-10-7-11(2)9-12(8-10)17(15,16)13-5-3-4-6-14/h7-9,13-14H,3-6H2,1-2H3. The summed E-state index contributed by atoms with van der Waals surface area (Å²) in [7, 11) is -3.42. The van der Waals surface area contributed by atoms with Crippen LogP contribution in [0.5, 0.6) is 0 Å². The van der Waals surface area contributed by atoms with Gasteiger partial charge in [0.05, 0.1) is 4.90 Å². The van der Waals surface area contributed by atoms with Crippen LogP contribution in [0.15, 0.2) is 23.1 Å². The maximum Gasteiger partial charge on any atom is 0.240 e. The second-order valence-electron chi connectivity index (χ2n) is 4.15. The van der Waals surface area contributed by atoms with Gasteiger partial charge in [-0.25, -0.2) is 13.1 Å². The summed E-state index contributed by atoms with van der Waals surface area (Å²) in [6, 6.07) is 5.24. The minimum atomic E-state index is -3.42. The molecule has 1 aromatic rings. The molecule has 96 valence electrons. The number of nitrogens with one attached hydrogen (secondary N) is 1. The number of sulfonamides is 1. The molecule has 0 amide bonds. The zero-order valence-electron chi connectivity index (χ0n) is 10.2. The summed E-state index contributed by atoms with van der Waals surface area (Å²) in [6.07, 6.45) is 1.25. The highest BCUT2D eigenvalue weighted by molar-refractivity contribution is 7.89. The largest absolute Gasteiger partial charge is 0.396 e. The molecule has 0 aliphatic rings. The van der Waals surface area contributed by atoms with E-state index in [0.29, 0.717) is 24.3 Å². The van der Waals surface area contributed by atoms with Crippen molar-refractivity contribution in [2.24, 2.45) is 0 Å². The Bertz CT molecular complexity index is 448. The third-order valence-electron chi connectivity index (χ3n) is 2.38. The van der Waals surface area contributed by atoms with Crippen molar-refractivity contribution in [3.8, 4) is 0 Å². The fourth-order valence-electron chi connectivity index (χ4n) is 1.61. The van der Waals surface area contributed by atoms with Crippen LogP contribution in [0.25, 0.3) is 0 Å². The highest BCUT2D eigenvalue weighted by Gasteiger charge is 2.13. The molecule has 0 saturated heterocycles. The maximum atomic E-state index is 11.9. The van der Waals surface area contributed by atoms with E-state index in [0.717, 1.165) is 11.1 Å². The molecular formula is C12H19NO3S. The van der Waals surface area contributed by atoms with Crippen LogP contribution in [0, 0.1) is 13.8 Å². The normalized spacial score (nSPS) is 11.7. The van der Waals surface area contributed by atoms with Gasteiger partial charge in [0.2, 0.25) is 10.0 Å². The monoisotopic (exact) mass is 257 g/mol. The summed E-state index contributed by atoms with van der Waals surface area (Å²) in [5, 5.41) is 8.61. The third kappa shape index (κ3) is 4.46. The van der Waals surface area contributed by atoms with Crippen molar-refractivity contribution in [3.05, 3.63) is 29.3 Å². The molecule has 0 atom stereocenters. The maximum absolute atomic E-state index is 11.9. The van der Waals surface area contributed by atoms with E-state index in [1.54, 1.807) is 12.1 Å². The quantitative estimate of drug-likeness (QED) is 0.756. The second kappa shape index (κ2) is 6.14. The minimum absolute atomic E-state index is 0.0886. The van der Waals surface area contributed by atoms with Crippen LogP contribution in [-0.2, 0) is 10.0 Å². The van der Waals surface area contributed by atoms with Crippen molar-refractivity contribution in [2.45, 2.75) is 31.6 Å². The number of unbranched alkanes of at least 4 members (excludes halogenated alkanes) is 1. The Hall–Kier alpha value is -0.910. The highest BCUT2D eigenvalue weighted by Crippen LogP contribution is 2.14. The van der Waals surface area contributed by atoms with Gasteiger partial charge in [-0.3, -0.25) is 0 Å². The molecule has 17 heavy (non-hydrogen) atoms. The lowest BCUT2D eigenvalue weighted by molar-refractivity contribution is 0.285. The lowest BCUT2D eigenvalue weighted by Gasteiger charge is -2.08. The molecule has 0 aromatic heterocycles. The predicted octanol–water partition coefficient (Wildman–Crippen LogP) is 1.35. The average Bonchev–Trinajstić information content (AvgIpc) is 2.23. The van der Waals surface area contributed by atoms with E-state index in [4.69, 9.17) is 5.11 Å². The molecule has 0 bridgehead atoms. The summed E-state index contributed by atoms with van der Waals surface area (Å²) >= 11 is 0. The molecule has 0 spiro atoms. The molecule has 0 radical (unpaired) electrons. The van der Waals surface area contributed by atoms with E-state index in [1.165, 1.54) is 0 Å². The Balaban J connectivity index is 2.75. The molecule has 1 rings (SSSR count). The van der Waals surface area contributed by atoms with E-state index < -0.39 is 10.0 Å². The first-order valence-electron chi connectivity index (χ1n) is 5.64. The third-order valence-corrected chi connectivity index (χ3v) is 3.82. The fraction of sp³-hybridized carbons (Fsp3) is 0.500. The number of hydrogen-bond acceptors (Lipinski definition) is 3. The summed E-state index contributed by atoms with van der Waals surface area (Å²) in [4.78, 5) is 0.305. The molecule has 5 heteroatoms. The van der Waals surface area contributed by atoms with Gasteiger partial charge < -0.3 is 5.11 Å². The number of hydrogen-bond donors (Lipinski definition) is 2. The Morgan fingerprint density at radius 3 is 2.24 bits per heavy atom. The summed E-state index contributed by atoms with van der Waals surface area (Å²) in [5.41, 5.74) is 1.86. The van der Waals surface area contributed by atoms with E-state index in [2.05, 4.69) is 4.72 Å². The van der Waals surface area contributed by atoms with E-state index in [1.807, 2.05) is 19.9 Å². The number of aryl methyl sites for hydroxylation is 2. The van der Waals surface area contributed by atoms with Gasteiger partial charge in [-0.2, -0.15) is 0 Å². The zero-order chi connectivity index (χ0) is 12.9. The summed E-state index contributed by atoms with van der Waals surface area (Å²) in [6.45, 7) is 4.19. The molecule has 0 aliphatic carbocycles. The Kier molecular flexibility index (Phi) is 5.11. The van der Waals surface area contributed by atoms with Crippen LogP contribution in [-0.4, -0.2) is 26.7 Å². The van der Waals surface area contributed by atoms with Crippen molar-refractivity contribution in [3.63, 3.8) is 0 Å². The molecule has 4 nitrogen and oxygen atoms in total. The molecule has 0 heterocycles. The van der Waals surface area contributed by atoms with Crippen molar-refractivity contribution in [1.29, 1.82) is 0 Å². The Morgan fingerprint density at radius 2 is 1.71 bits per heavy atom. The first-order valence-corrected chi connectivity index (χ1v) is 7.13. The fourth-order valence-corrected chi connectivity index (χ4v) is 2.88. The van der Waals surface area contributed by atoms with Gasteiger partial charge >= 0.3 is 0 Å². The van der Waals surface area contributed by atoms with Crippen LogP contribution in [0.4, 0.5) is 0 Å². The second-order valence-corrected chi connectivity index (χ2v) is 5.92. The van der Waals surface area contributed by atoms with Gasteiger partial charge in [-0.1, -0.05) is 6.07 Å². The van der Waals surface area contributed by atoms with Gasteiger partial charge in [-0.05, 0) is 49.9 Å². The topological polar surface area (TPSA) is 66.4 Å². The van der Waals surface area contributed by atoms with Gasteiger partial charge in [0.25, 0.3) is 0 Å². The first-order chi connectivity index (χ1) is 7.95.